The molecule has 53 heavy (non-hydrogen) atoms. The predicted molar refractivity (Wildman–Crippen MR) is 224 cm³/mol. The second-order valence-corrected chi connectivity index (χ2v) is 16.8. The van der Waals surface area contributed by atoms with Gasteiger partial charge in [0.2, 0.25) is 0 Å². The van der Waals surface area contributed by atoms with Gasteiger partial charge in [-0.05, 0) is 94.4 Å². The first-order valence-electron chi connectivity index (χ1n) is 18.4. The molecule has 296 valence electrons. The number of hydrogen-bond donors (Lipinski definition) is 1. The molecule has 1 fully saturated rings. The van der Waals surface area contributed by atoms with Gasteiger partial charge in [-0.2, -0.15) is 0 Å². The number of sulfonamides is 1. The Morgan fingerprint density at radius 1 is 0.830 bits per heavy atom. The van der Waals surface area contributed by atoms with Gasteiger partial charge in [0.25, 0.3) is 10.0 Å². The number of pyridine rings is 1. The number of esters is 1. The maximum atomic E-state index is 11.6. The standard InChI is InChI=1S/C16H15NO.C9H14N2O2S.C9H16O2.C7H16.C2H4.CH4/c1-11(2)18-17-16-14-9-5-3-7-12(14)13-8-4-6-10-15(13)16;1-7(2)11-14(12,13)9-5-4-8(3)6-10-9;1-7(2)9(10)11-8-5-3-4-6-8;1-6(2)7(3,4)5;1-2;/h3-11H,1-2H3;4-7,11H,1-3H3;7-8H,3-6H2,1-2H3;6H,1-5H3;1-2H2;1H4. The van der Waals surface area contributed by atoms with Crippen molar-refractivity contribution in [2.75, 3.05) is 0 Å². The lowest BCUT2D eigenvalue weighted by Gasteiger charge is -2.22. The number of oxime groups is 1. The molecule has 0 unspecified atom stereocenters. The van der Waals surface area contributed by atoms with E-state index >= 15 is 0 Å². The zero-order valence-corrected chi connectivity index (χ0v) is 34.6. The average Bonchev–Trinajstić information content (AvgIpc) is 3.70. The molecule has 0 saturated heterocycles. The monoisotopic (exact) mass is 751 g/mol. The lowest BCUT2D eigenvalue weighted by molar-refractivity contribution is -0.152. The zero-order chi connectivity index (χ0) is 39.6. The average molecular weight is 752 g/mol. The van der Waals surface area contributed by atoms with Crippen LogP contribution in [0.15, 0.2) is 90.2 Å². The van der Waals surface area contributed by atoms with Gasteiger partial charge in [-0.1, -0.05) is 116 Å². The van der Waals surface area contributed by atoms with Crippen LogP contribution in [0.1, 0.15) is 126 Å². The van der Waals surface area contributed by atoms with Gasteiger partial charge in [0.15, 0.2) is 5.03 Å². The number of fused-ring (bicyclic) bond motifs is 3. The van der Waals surface area contributed by atoms with Crippen molar-refractivity contribution in [3.8, 4) is 11.1 Å². The first-order chi connectivity index (χ1) is 24.3. The van der Waals surface area contributed by atoms with Crippen LogP contribution < -0.4 is 4.72 Å². The number of benzene rings is 2. The minimum atomic E-state index is -3.44. The minimum Gasteiger partial charge on any atom is -0.462 e. The Kier molecular flexibility index (Phi) is 22.1. The van der Waals surface area contributed by atoms with Crippen LogP contribution >= 0.6 is 0 Å². The summed E-state index contributed by atoms with van der Waals surface area (Å²) >= 11 is 0. The molecular weight excluding hydrogens is 683 g/mol. The first kappa shape index (κ1) is 49.2. The molecule has 2 aromatic carbocycles. The molecule has 2 aliphatic carbocycles. The highest BCUT2D eigenvalue weighted by Crippen LogP contribution is 2.36. The van der Waals surface area contributed by atoms with Gasteiger partial charge in [0, 0.05) is 23.4 Å². The number of ether oxygens (including phenoxy) is 1. The maximum Gasteiger partial charge on any atom is 0.308 e. The van der Waals surface area contributed by atoms with E-state index in [0.717, 1.165) is 41.2 Å². The van der Waals surface area contributed by atoms with E-state index in [2.05, 4.69) is 99.0 Å². The molecule has 0 aliphatic heterocycles. The lowest BCUT2D eigenvalue weighted by Crippen LogP contribution is -2.30. The molecule has 1 saturated carbocycles. The Bertz CT molecular complexity index is 1590. The van der Waals surface area contributed by atoms with Gasteiger partial charge >= 0.3 is 5.97 Å². The van der Waals surface area contributed by atoms with Crippen molar-refractivity contribution < 1.29 is 22.8 Å². The van der Waals surface area contributed by atoms with Gasteiger partial charge < -0.3 is 9.57 Å². The van der Waals surface area contributed by atoms with Crippen molar-refractivity contribution in [1.82, 2.24) is 9.71 Å². The smallest absolute Gasteiger partial charge is 0.308 e. The predicted octanol–water partition coefficient (Wildman–Crippen LogP) is 11.2. The fourth-order valence-electron chi connectivity index (χ4n) is 4.54. The highest BCUT2D eigenvalue weighted by Gasteiger charge is 2.25. The Balaban J connectivity index is 0.000000698. The van der Waals surface area contributed by atoms with Gasteiger partial charge in [0.05, 0.1) is 5.92 Å². The van der Waals surface area contributed by atoms with E-state index in [9.17, 15) is 13.2 Å². The molecule has 0 radical (unpaired) electrons. The molecule has 2 aliphatic rings. The Morgan fingerprint density at radius 3 is 1.64 bits per heavy atom. The molecule has 8 nitrogen and oxygen atoms in total. The number of nitrogens with one attached hydrogen (secondary N) is 1. The Labute approximate surface area is 322 Å². The molecule has 1 heterocycles. The van der Waals surface area contributed by atoms with Crippen LogP contribution in [0, 0.1) is 24.2 Å². The molecule has 1 aromatic heterocycles. The van der Waals surface area contributed by atoms with Gasteiger partial charge in [-0.15, -0.1) is 13.2 Å². The Hall–Kier alpha value is -3.82. The molecule has 5 rings (SSSR count). The number of hydrogen-bond acceptors (Lipinski definition) is 7. The van der Waals surface area contributed by atoms with Crippen LogP contribution in [0.25, 0.3) is 11.1 Å². The van der Waals surface area contributed by atoms with Crippen molar-refractivity contribution in [1.29, 1.82) is 0 Å². The molecule has 0 atom stereocenters. The van der Waals surface area contributed by atoms with E-state index in [0.29, 0.717) is 5.41 Å². The van der Waals surface area contributed by atoms with Crippen LogP contribution in [-0.4, -0.2) is 43.3 Å². The summed E-state index contributed by atoms with van der Waals surface area (Å²) in [6.07, 6.45) is 6.43. The van der Waals surface area contributed by atoms with Gasteiger partial charge in [-0.3, -0.25) is 4.79 Å². The number of carbonyl (C=O) groups is 1. The minimum absolute atomic E-state index is 0. The van der Waals surface area contributed by atoms with Gasteiger partial charge in [-0.25, -0.2) is 18.1 Å². The number of rotatable bonds is 7. The maximum absolute atomic E-state index is 11.6. The highest BCUT2D eigenvalue weighted by molar-refractivity contribution is 7.89. The van der Waals surface area contributed by atoms with Crippen LogP contribution in [0.5, 0.6) is 0 Å². The van der Waals surface area contributed by atoms with E-state index in [-0.39, 0.29) is 42.6 Å². The van der Waals surface area contributed by atoms with Gasteiger partial charge in [0.1, 0.15) is 17.9 Å². The number of aromatic nitrogens is 1. The molecule has 0 amide bonds. The summed E-state index contributed by atoms with van der Waals surface area (Å²) in [6, 6.07) is 19.7. The molecular formula is C44H69N3O5S. The summed E-state index contributed by atoms with van der Waals surface area (Å²) in [5.74, 6) is 0.778. The molecule has 0 bridgehead atoms. The van der Waals surface area contributed by atoms with Crippen LogP contribution in [0.2, 0.25) is 0 Å². The first-order valence-corrected chi connectivity index (χ1v) is 19.9. The second kappa shape index (κ2) is 23.8. The second-order valence-electron chi connectivity index (χ2n) is 15.2. The van der Waals surface area contributed by atoms with Crippen molar-refractivity contribution in [3.05, 3.63) is 96.7 Å². The van der Waals surface area contributed by atoms with Crippen LogP contribution in [0.3, 0.4) is 0 Å². The summed E-state index contributed by atoms with van der Waals surface area (Å²) < 4.78 is 30.9. The lowest BCUT2D eigenvalue weighted by atomic mass is 9.84. The van der Waals surface area contributed by atoms with E-state index in [1.165, 1.54) is 36.2 Å². The molecule has 0 spiro atoms. The van der Waals surface area contributed by atoms with Crippen LogP contribution in [-0.2, 0) is 24.4 Å². The third kappa shape index (κ3) is 17.2. The van der Waals surface area contributed by atoms with E-state index < -0.39 is 10.0 Å². The zero-order valence-electron chi connectivity index (χ0n) is 33.8. The largest absolute Gasteiger partial charge is 0.462 e. The molecule has 1 N–H and O–H groups in total. The number of carbonyl (C=O) groups excluding carboxylic acids is 1. The topological polar surface area (TPSA) is 107 Å². The van der Waals surface area contributed by atoms with Crippen molar-refractivity contribution in [3.63, 3.8) is 0 Å². The van der Waals surface area contributed by atoms with Crippen molar-refractivity contribution in [2.24, 2.45) is 22.4 Å². The summed E-state index contributed by atoms with van der Waals surface area (Å²) in [5, 5.41) is 4.39. The fourth-order valence-corrected chi connectivity index (χ4v) is 5.72. The highest BCUT2D eigenvalue weighted by atomic mass is 32.2. The third-order valence-corrected chi connectivity index (χ3v) is 9.92. The number of nitrogens with zero attached hydrogens (tertiary/aromatic N) is 2. The summed E-state index contributed by atoms with van der Waals surface area (Å²) in [5.41, 5.74) is 7.15. The van der Waals surface area contributed by atoms with E-state index in [4.69, 9.17) is 9.57 Å². The summed E-state index contributed by atoms with van der Waals surface area (Å²) in [6.45, 7) is 30.4. The SMILES string of the molecule is C.C=C.CC(C)C(=O)OC1CCCC1.CC(C)C(C)(C)C.CC(C)ON=C1c2ccccc2-c2ccccc21.Cc1ccc(S(=O)(=O)NC(C)C)nc1. The van der Waals surface area contributed by atoms with Crippen molar-refractivity contribution in [2.45, 2.75) is 139 Å². The van der Waals surface area contributed by atoms with E-state index in [1.54, 1.807) is 19.9 Å². The molecule has 9 heteroatoms. The Morgan fingerprint density at radius 2 is 1.28 bits per heavy atom. The normalized spacial score (nSPS) is 13.1. The van der Waals surface area contributed by atoms with E-state index in [1.807, 2.05) is 46.8 Å². The fraction of sp³-hybridized carbons (Fsp3) is 0.523. The summed E-state index contributed by atoms with van der Waals surface area (Å²) in [4.78, 5) is 20.4. The molecule has 3 aromatic rings. The van der Waals surface area contributed by atoms with Crippen molar-refractivity contribution >= 4 is 21.7 Å². The van der Waals surface area contributed by atoms with Crippen LogP contribution in [0.4, 0.5) is 0 Å². The third-order valence-electron chi connectivity index (χ3n) is 8.35. The number of aryl methyl sites for hydroxylation is 1. The quantitative estimate of drug-likeness (QED) is 0.114. The summed E-state index contributed by atoms with van der Waals surface area (Å²) in [7, 11) is -3.44.